The van der Waals surface area contributed by atoms with E-state index in [1.165, 1.54) is 5.56 Å². The summed E-state index contributed by atoms with van der Waals surface area (Å²) in [5.74, 6) is 0.00663. The molecule has 1 rings (SSSR count). The van der Waals surface area contributed by atoms with E-state index < -0.39 is 0 Å². The van der Waals surface area contributed by atoms with Crippen molar-refractivity contribution in [3.8, 4) is 6.07 Å². The van der Waals surface area contributed by atoms with Crippen LogP contribution in [-0.2, 0) is 5.33 Å². The summed E-state index contributed by atoms with van der Waals surface area (Å²) >= 11 is 9.43. The third-order valence-corrected chi connectivity index (χ3v) is 3.21. The molecule has 2 nitrogen and oxygen atoms in total. The van der Waals surface area contributed by atoms with E-state index in [1.807, 2.05) is 32.2 Å². The highest BCUT2D eigenvalue weighted by molar-refractivity contribution is 9.08. The summed E-state index contributed by atoms with van der Waals surface area (Å²) in [5.41, 5.74) is 2.25. The van der Waals surface area contributed by atoms with E-state index in [9.17, 15) is 0 Å². The number of nitrogens with zero attached hydrogens (tertiary/aromatic N) is 2. The zero-order valence-corrected chi connectivity index (χ0v) is 11.7. The minimum Gasteiger partial charge on any atom is -0.373 e. The van der Waals surface area contributed by atoms with E-state index >= 15 is 0 Å². The topological polar surface area (TPSA) is 27.0 Å². The van der Waals surface area contributed by atoms with E-state index in [0.29, 0.717) is 6.54 Å². The van der Waals surface area contributed by atoms with Gasteiger partial charge in [0.15, 0.2) is 0 Å². The fourth-order valence-electron chi connectivity index (χ4n) is 1.56. The molecule has 86 valence electrons. The van der Waals surface area contributed by atoms with Crippen molar-refractivity contribution < 1.29 is 0 Å². The molecule has 4 heteroatoms. The Balaban J connectivity index is 2.93. The van der Waals surface area contributed by atoms with Crippen LogP contribution in [0.4, 0.5) is 5.69 Å². The first-order valence-electron chi connectivity index (χ1n) is 5.03. The summed E-state index contributed by atoms with van der Waals surface area (Å²) in [5, 5.41) is 10.3. The van der Waals surface area contributed by atoms with Crippen LogP contribution in [0.15, 0.2) is 18.2 Å². The van der Waals surface area contributed by atoms with Gasteiger partial charge >= 0.3 is 0 Å². The van der Waals surface area contributed by atoms with Crippen molar-refractivity contribution in [2.45, 2.75) is 12.3 Å². The summed E-state index contributed by atoms with van der Waals surface area (Å²) in [6.45, 7) is 2.62. The van der Waals surface area contributed by atoms with Gasteiger partial charge in [0.05, 0.1) is 12.0 Å². The number of benzene rings is 1. The van der Waals surface area contributed by atoms with Crippen molar-refractivity contribution in [1.82, 2.24) is 0 Å². The summed E-state index contributed by atoms with van der Waals surface area (Å²) in [6, 6.07) is 8.04. The minimum absolute atomic E-state index is 0.00663. The average Bonchev–Trinajstić information content (AvgIpc) is 2.28. The number of nitriles is 1. The van der Waals surface area contributed by atoms with Gasteiger partial charge in [-0.2, -0.15) is 5.26 Å². The Morgan fingerprint density at radius 3 is 2.81 bits per heavy atom. The monoisotopic (exact) mass is 300 g/mol. The van der Waals surface area contributed by atoms with Gasteiger partial charge in [-0.3, -0.25) is 0 Å². The first kappa shape index (κ1) is 13.3. The second-order valence-corrected chi connectivity index (χ2v) is 4.81. The Labute approximate surface area is 110 Å². The molecule has 0 aliphatic heterocycles. The lowest BCUT2D eigenvalue weighted by molar-refractivity contribution is 0.715. The van der Waals surface area contributed by atoms with Crippen LogP contribution in [0.2, 0.25) is 5.02 Å². The lowest BCUT2D eigenvalue weighted by Crippen LogP contribution is -2.24. The van der Waals surface area contributed by atoms with Gasteiger partial charge in [0.25, 0.3) is 0 Å². The smallest absolute Gasteiger partial charge is 0.0671 e. The molecule has 0 amide bonds. The number of hydrogen-bond donors (Lipinski definition) is 0. The summed E-state index contributed by atoms with van der Waals surface area (Å²) in [7, 11) is 1.98. The second kappa shape index (κ2) is 6.12. The van der Waals surface area contributed by atoms with Gasteiger partial charge in [-0.15, -0.1) is 0 Å². The first-order valence-corrected chi connectivity index (χ1v) is 6.53. The predicted octanol–water partition coefficient (Wildman–Crippen LogP) is 3.83. The Kier molecular flexibility index (Phi) is 5.11. The molecule has 0 bridgehead atoms. The Bertz CT molecular complexity index is 400. The third kappa shape index (κ3) is 3.40. The largest absolute Gasteiger partial charge is 0.373 e. The molecule has 0 saturated heterocycles. The van der Waals surface area contributed by atoms with E-state index in [0.717, 1.165) is 16.0 Å². The van der Waals surface area contributed by atoms with Gasteiger partial charge in [-0.1, -0.05) is 33.6 Å². The fraction of sp³-hybridized carbons (Fsp3) is 0.417. The molecule has 0 fully saturated rings. The molecule has 1 aromatic rings. The molecule has 0 aliphatic carbocycles. The SMILES string of the molecule is CC(C#N)CN(C)c1cc(Cl)ccc1CBr. The number of halogens is 2. The maximum atomic E-state index is 8.80. The van der Waals surface area contributed by atoms with Crippen molar-refractivity contribution in [2.24, 2.45) is 5.92 Å². The Hall–Kier alpha value is -0.720. The molecule has 16 heavy (non-hydrogen) atoms. The van der Waals surface area contributed by atoms with Gasteiger partial charge in [0.1, 0.15) is 0 Å². The fourth-order valence-corrected chi connectivity index (χ4v) is 2.20. The highest BCUT2D eigenvalue weighted by atomic mass is 79.9. The van der Waals surface area contributed by atoms with Gasteiger partial charge in [0, 0.05) is 29.6 Å². The predicted molar refractivity (Wildman–Crippen MR) is 72.1 cm³/mol. The lowest BCUT2D eigenvalue weighted by atomic mass is 10.1. The number of rotatable bonds is 4. The van der Waals surface area contributed by atoms with E-state index in [2.05, 4.69) is 26.9 Å². The molecule has 0 N–H and O–H groups in total. The van der Waals surface area contributed by atoms with E-state index in [-0.39, 0.29) is 5.92 Å². The molecule has 0 saturated carbocycles. The molecule has 0 spiro atoms. The van der Waals surface area contributed by atoms with Crippen molar-refractivity contribution in [3.05, 3.63) is 28.8 Å². The van der Waals surface area contributed by atoms with E-state index in [4.69, 9.17) is 16.9 Å². The maximum Gasteiger partial charge on any atom is 0.0671 e. The molecule has 1 unspecified atom stereocenters. The second-order valence-electron chi connectivity index (χ2n) is 3.82. The van der Waals surface area contributed by atoms with Gasteiger partial charge < -0.3 is 4.90 Å². The highest BCUT2D eigenvalue weighted by Gasteiger charge is 2.10. The van der Waals surface area contributed by atoms with Crippen LogP contribution in [0.25, 0.3) is 0 Å². The standard InChI is InChI=1S/C12H14BrClN2/c1-9(7-15)8-16(2)12-5-11(14)4-3-10(12)6-13/h3-5,9H,6,8H2,1-2H3. The van der Waals surface area contributed by atoms with Gasteiger partial charge in [-0.05, 0) is 24.6 Å². The number of anilines is 1. The van der Waals surface area contributed by atoms with Crippen LogP contribution in [0, 0.1) is 17.2 Å². The van der Waals surface area contributed by atoms with Crippen molar-refractivity contribution in [1.29, 1.82) is 5.26 Å². The lowest BCUT2D eigenvalue weighted by Gasteiger charge is -2.23. The third-order valence-electron chi connectivity index (χ3n) is 2.37. The summed E-state index contributed by atoms with van der Waals surface area (Å²) in [4.78, 5) is 2.07. The van der Waals surface area contributed by atoms with Crippen molar-refractivity contribution in [2.75, 3.05) is 18.5 Å². The van der Waals surface area contributed by atoms with Crippen LogP contribution < -0.4 is 4.90 Å². The molecule has 0 aliphatic rings. The Morgan fingerprint density at radius 1 is 1.56 bits per heavy atom. The number of alkyl halides is 1. The maximum absolute atomic E-state index is 8.80. The minimum atomic E-state index is 0.00663. The van der Waals surface area contributed by atoms with Gasteiger partial charge in [-0.25, -0.2) is 0 Å². The zero-order chi connectivity index (χ0) is 12.1. The molecule has 1 atom stereocenters. The molecule has 0 heterocycles. The first-order chi connectivity index (χ1) is 7.58. The summed E-state index contributed by atoms with van der Waals surface area (Å²) in [6.07, 6.45) is 0. The highest BCUT2D eigenvalue weighted by Crippen LogP contribution is 2.26. The van der Waals surface area contributed by atoms with Crippen LogP contribution in [0.5, 0.6) is 0 Å². The van der Waals surface area contributed by atoms with Crippen LogP contribution in [-0.4, -0.2) is 13.6 Å². The van der Waals surface area contributed by atoms with Crippen LogP contribution in [0.3, 0.4) is 0 Å². The number of hydrogen-bond acceptors (Lipinski definition) is 2. The van der Waals surface area contributed by atoms with Crippen molar-refractivity contribution >= 4 is 33.2 Å². The normalized spacial score (nSPS) is 11.9. The van der Waals surface area contributed by atoms with E-state index in [1.54, 1.807) is 0 Å². The summed E-state index contributed by atoms with van der Waals surface area (Å²) < 4.78 is 0. The molecular formula is C12H14BrClN2. The average molecular weight is 302 g/mol. The molecule has 0 aromatic heterocycles. The van der Waals surface area contributed by atoms with Crippen LogP contribution >= 0.6 is 27.5 Å². The molecule has 1 aromatic carbocycles. The van der Waals surface area contributed by atoms with Crippen molar-refractivity contribution in [3.63, 3.8) is 0 Å². The quantitative estimate of drug-likeness (QED) is 0.790. The molecule has 0 radical (unpaired) electrons. The zero-order valence-electron chi connectivity index (χ0n) is 9.37. The molecular weight excluding hydrogens is 288 g/mol. The van der Waals surface area contributed by atoms with Crippen LogP contribution in [0.1, 0.15) is 12.5 Å². The Morgan fingerprint density at radius 2 is 2.25 bits per heavy atom. The van der Waals surface area contributed by atoms with Gasteiger partial charge in [0.2, 0.25) is 0 Å².